The van der Waals surface area contributed by atoms with E-state index in [-0.39, 0.29) is 6.09 Å². The van der Waals surface area contributed by atoms with Gasteiger partial charge in [0, 0.05) is 12.1 Å². The molecule has 2 aliphatic rings. The van der Waals surface area contributed by atoms with E-state index in [1.54, 1.807) is 7.11 Å². The number of carbonyl (C=O) groups excluding carboxylic acids is 1. The molecule has 1 amide bonds. The van der Waals surface area contributed by atoms with Crippen molar-refractivity contribution >= 4 is 6.09 Å². The number of nitrogens with zero attached hydrogens (tertiary/aromatic N) is 1. The summed E-state index contributed by atoms with van der Waals surface area (Å²) < 4.78 is 11.1. The Hall–Kier alpha value is -1.71. The van der Waals surface area contributed by atoms with Gasteiger partial charge in [0.1, 0.15) is 11.4 Å². The Morgan fingerprint density at radius 1 is 1.16 bits per heavy atom. The van der Waals surface area contributed by atoms with Gasteiger partial charge in [-0.2, -0.15) is 0 Å². The number of hydrogen-bond acceptors (Lipinski definition) is 3. The van der Waals surface area contributed by atoms with E-state index >= 15 is 0 Å². The average Bonchev–Trinajstić information content (AvgIpc) is 2.83. The molecule has 0 radical (unpaired) electrons. The fraction of sp³-hybridized carbons (Fsp3) is 0.667. The van der Waals surface area contributed by atoms with Crippen LogP contribution in [0.4, 0.5) is 4.79 Å². The standard InChI is InChI=1S/C21H31NO3/c1-21(2,3)25-20(23)22-17-11-12-18(22)14-15(13-17)9-10-16-7-5-6-8-19(16)24-4/h5-8,15,17-18H,9-14H2,1-4H3/t15?,17-,18+. The zero-order chi connectivity index (χ0) is 18.0. The molecule has 3 atom stereocenters. The number of piperidine rings is 1. The summed E-state index contributed by atoms with van der Waals surface area (Å²) in [6.07, 6.45) is 6.53. The first-order valence-corrected chi connectivity index (χ1v) is 9.50. The minimum atomic E-state index is -0.419. The van der Waals surface area contributed by atoms with Gasteiger partial charge >= 0.3 is 6.09 Å². The third-order valence-corrected chi connectivity index (χ3v) is 5.45. The molecule has 1 aromatic carbocycles. The first-order chi connectivity index (χ1) is 11.9. The SMILES string of the molecule is COc1ccccc1CCC1C[C@H]2CC[C@@H](C1)N2C(=O)OC(C)(C)C. The number of hydrogen-bond donors (Lipinski definition) is 0. The average molecular weight is 345 g/mol. The van der Waals surface area contributed by atoms with Crippen LogP contribution in [0.15, 0.2) is 24.3 Å². The number of fused-ring (bicyclic) bond motifs is 2. The molecular weight excluding hydrogens is 314 g/mol. The highest BCUT2D eigenvalue weighted by molar-refractivity contribution is 5.69. The predicted molar refractivity (Wildman–Crippen MR) is 98.9 cm³/mol. The molecule has 138 valence electrons. The lowest BCUT2D eigenvalue weighted by atomic mass is 9.86. The summed E-state index contributed by atoms with van der Waals surface area (Å²) in [6.45, 7) is 5.81. The van der Waals surface area contributed by atoms with Crippen LogP contribution in [0.25, 0.3) is 0 Å². The van der Waals surface area contributed by atoms with E-state index in [0.29, 0.717) is 18.0 Å². The van der Waals surface area contributed by atoms with Crippen molar-refractivity contribution in [2.24, 2.45) is 5.92 Å². The first-order valence-electron chi connectivity index (χ1n) is 9.50. The fourth-order valence-electron chi connectivity index (χ4n) is 4.41. The minimum Gasteiger partial charge on any atom is -0.496 e. The highest BCUT2D eigenvalue weighted by Gasteiger charge is 2.44. The van der Waals surface area contributed by atoms with Crippen LogP contribution in [0.3, 0.4) is 0 Å². The van der Waals surface area contributed by atoms with Crippen molar-refractivity contribution in [3.8, 4) is 5.75 Å². The lowest BCUT2D eigenvalue weighted by Crippen LogP contribution is -2.48. The van der Waals surface area contributed by atoms with Gasteiger partial charge in [-0.05, 0) is 76.8 Å². The van der Waals surface area contributed by atoms with Gasteiger partial charge in [-0.1, -0.05) is 18.2 Å². The summed E-state index contributed by atoms with van der Waals surface area (Å²) in [5.41, 5.74) is 0.865. The Morgan fingerprint density at radius 3 is 2.40 bits per heavy atom. The number of carbonyl (C=O) groups is 1. The van der Waals surface area contributed by atoms with Gasteiger partial charge in [-0.25, -0.2) is 4.79 Å². The van der Waals surface area contributed by atoms with Crippen molar-refractivity contribution in [1.82, 2.24) is 4.90 Å². The van der Waals surface area contributed by atoms with E-state index < -0.39 is 5.60 Å². The first kappa shape index (κ1) is 18.1. The van der Waals surface area contributed by atoms with Crippen molar-refractivity contribution in [3.05, 3.63) is 29.8 Å². The van der Waals surface area contributed by atoms with Gasteiger partial charge < -0.3 is 14.4 Å². The highest BCUT2D eigenvalue weighted by atomic mass is 16.6. The van der Waals surface area contributed by atoms with Crippen molar-refractivity contribution in [1.29, 1.82) is 0 Å². The number of benzene rings is 1. The third kappa shape index (κ3) is 4.28. The molecule has 2 saturated heterocycles. The van der Waals surface area contributed by atoms with E-state index in [2.05, 4.69) is 12.1 Å². The van der Waals surface area contributed by atoms with Crippen LogP contribution in [0.5, 0.6) is 5.75 Å². The fourth-order valence-corrected chi connectivity index (χ4v) is 4.41. The molecule has 2 bridgehead atoms. The molecule has 25 heavy (non-hydrogen) atoms. The molecule has 3 rings (SSSR count). The smallest absolute Gasteiger partial charge is 0.410 e. The highest BCUT2D eigenvalue weighted by Crippen LogP contribution is 2.41. The Labute approximate surface area is 151 Å². The molecule has 1 unspecified atom stereocenters. The second-order valence-corrected chi connectivity index (χ2v) is 8.46. The van der Waals surface area contributed by atoms with Crippen molar-refractivity contribution in [2.45, 2.75) is 77.0 Å². The molecule has 0 aliphatic carbocycles. The number of para-hydroxylation sites is 1. The van der Waals surface area contributed by atoms with Gasteiger partial charge in [0.2, 0.25) is 0 Å². The summed E-state index contributed by atoms with van der Waals surface area (Å²) in [5, 5.41) is 0. The molecule has 0 spiro atoms. The topological polar surface area (TPSA) is 38.8 Å². The maximum Gasteiger partial charge on any atom is 0.410 e. The maximum absolute atomic E-state index is 12.5. The number of rotatable bonds is 4. The molecule has 4 heteroatoms. The van der Waals surface area contributed by atoms with Crippen LogP contribution in [-0.2, 0) is 11.2 Å². The molecule has 2 heterocycles. The number of aryl methyl sites for hydroxylation is 1. The summed E-state index contributed by atoms with van der Waals surface area (Å²) in [4.78, 5) is 14.6. The van der Waals surface area contributed by atoms with Crippen LogP contribution in [0, 0.1) is 5.92 Å². The Balaban J connectivity index is 1.58. The zero-order valence-electron chi connectivity index (χ0n) is 16.0. The van der Waals surface area contributed by atoms with Crippen molar-refractivity contribution in [2.75, 3.05) is 7.11 Å². The largest absolute Gasteiger partial charge is 0.496 e. The molecule has 0 N–H and O–H groups in total. The third-order valence-electron chi connectivity index (χ3n) is 5.45. The van der Waals surface area contributed by atoms with Crippen LogP contribution in [0.2, 0.25) is 0 Å². The predicted octanol–water partition coefficient (Wildman–Crippen LogP) is 4.81. The van der Waals surface area contributed by atoms with E-state index in [4.69, 9.17) is 9.47 Å². The van der Waals surface area contributed by atoms with Gasteiger partial charge in [0.25, 0.3) is 0 Å². The minimum absolute atomic E-state index is 0.122. The molecule has 1 aromatic rings. The van der Waals surface area contributed by atoms with E-state index in [1.165, 1.54) is 5.56 Å². The quantitative estimate of drug-likeness (QED) is 0.786. The van der Waals surface area contributed by atoms with E-state index in [9.17, 15) is 4.79 Å². The normalized spacial score (nSPS) is 25.8. The Bertz CT molecular complexity index is 593. The van der Waals surface area contributed by atoms with Crippen LogP contribution < -0.4 is 4.74 Å². The number of methoxy groups -OCH3 is 1. The summed E-state index contributed by atoms with van der Waals surface area (Å²) in [5.74, 6) is 1.66. The second kappa shape index (κ2) is 7.27. The van der Waals surface area contributed by atoms with Gasteiger partial charge in [0.05, 0.1) is 7.11 Å². The van der Waals surface area contributed by atoms with Crippen LogP contribution in [-0.4, -0.2) is 35.8 Å². The van der Waals surface area contributed by atoms with Crippen LogP contribution in [0.1, 0.15) is 58.4 Å². The van der Waals surface area contributed by atoms with Gasteiger partial charge in [-0.3, -0.25) is 0 Å². The van der Waals surface area contributed by atoms with Crippen molar-refractivity contribution < 1.29 is 14.3 Å². The Morgan fingerprint density at radius 2 is 1.80 bits per heavy atom. The molecule has 2 aliphatic heterocycles. The molecular formula is C21H31NO3. The van der Waals surface area contributed by atoms with Crippen LogP contribution >= 0.6 is 0 Å². The van der Waals surface area contributed by atoms with E-state index in [1.807, 2.05) is 37.8 Å². The van der Waals surface area contributed by atoms with Gasteiger partial charge in [0.15, 0.2) is 0 Å². The monoisotopic (exact) mass is 345 g/mol. The van der Waals surface area contributed by atoms with E-state index in [0.717, 1.165) is 44.3 Å². The molecule has 4 nitrogen and oxygen atoms in total. The number of amides is 1. The van der Waals surface area contributed by atoms with Gasteiger partial charge in [-0.15, -0.1) is 0 Å². The zero-order valence-corrected chi connectivity index (χ0v) is 16.0. The molecule has 2 fully saturated rings. The Kier molecular flexibility index (Phi) is 5.26. The second-order valence-electron chi connectivity index (χ2n) is 8.46. The lowest BCUT2D eigenvalue weighted by Gasteiger charge is -2.39. The summed E-state index contributed by atoms with van der Waals surface area (Å²) in [6, 6.07) is 9.00. The molecule has 0 saturated carbocycles. The summed E-state index contributed by atoms with van der Waals surface area (Å²) in [7, 11) is 1.73. The number of ether oxygens (including phenoxy) is 2. The van der Waals surface area contributed by atoms with Crippen molar-refractivity contribution in [3.63, 3.8) is 0 Å². The maximum atomic E-state index is 12.5. The molecule has 0 aromatic heterocycles. The lowest BCUT2D eigenvalue weighted by molar-refractivity contribution is 0.00166. The summed E-state index contributed by atoms with van der Waals surface area (Å²) >= 11 is 0.